The lowest BCUT2D eigenvalue weighted by Crippen LogP contribution is -2.29. The summed E-state index contributed by atoms with van der Waals surface area (Å²) in [5.74, 6) is 0.605. The number of nitrogens with one attached hydrogen (secondary N) is 1. The predicted octanol–water partition coefficient (Wildman–Crippen LogP) is 2.27. The zero-order valence-electron chi connectivity index (χ0n) is 13.2. The van der Waals surface area contributed by atoms with Gasteiger partial charge >= 0.3 is 5.97 Å². The van der Waals surface area contributed by atoms with Crippen molar-refractivity contribution in [2.45, 2.75) is 19.9 Å². The highest BCUT2D eigenvalue weighted by Crippen LogP contribution is 2.37. The summed E-state index contributed by atoms with van der Waals surface area (Å²) in [4.78, 5) is 12.5. The number of anilines is 1. The Hall–Kier alpha value is -3.16. The molecule has 0 amide bonds. The number of furan rings is 1. The second-order valence-corrected chi connectivity index (χ2v) is 5.42. The summed E-state index contributed by atoms with van der Waals surface area (Å²) in [5.41, 5.74) is 1.80. The van der Waals surface area contributed by atoms with Gasteiger partial charge in [-0.1, -0.05) is 23.3 Å². The Morgan fingerprint density at radius 2 is 2.25 bits per heavy atom. The van der Waals surface area contributed by atoms with Crippen LogP contribution in [0, 0.1) is 0 Å². The molecule has 4 rings (SSSR count). The van der Waals surface area contributed by atoms with Crippen LogP contribution in [0.5, 0.6) is 0 Å². The highest BCUT2D eigenvalue weighted by Gasteiger charge is 2.37. The van der Waals surface area contributed by atoms with Crippen LogP contribution in [0.15, 0.2) is 46.0 Å². The van der Waals surface area contributed by atoms with E-state index in [1.165, 1.54) is 4.68 Å². The third-order valence-corrected chi connectivity index (χ3v) is 3.92. The first kappa shape index (κ1) is 14.4. The second kappa shape index (κ2) is 5.48. The van der Waals surface area contributed by atoms with Crippen molar-refractivity contribution in [2.75, 3.05) is 11.9 Å². The smallest absolute Gasteiger partial charge is 0.338 e. The maximum atomic E-state index is 12.5. The number of benzene rings is 1. The van der Waals surface area contributed by atoms with Crippen molar-refractivity contribution in [3.8, 4) is 0 Å². The first-order valence-electron chi connectivity index (χ1n) is 7.60. The Kier molecular flexibility index (Phi) is 3.30. The number of tetrazole rings is 1. The number of para-hydroxylation sites is 1. The summed E-state index contributed by atoms with van der Waals surface area (Å²) in [7, 11) is 0. The van der Waals surface area contributed by atoms with Crippen molar-refractivity contribution >= 4 is 22.9 Å². The molecule has 0 radical (unpaired) electrons. The minimum absolute atomic E-state index is 0.283. The molecule has 8 heteroatoms. The number of fused-ring (bicyclic) bond motifs is 2. The summed E-state index contributed by atoms with van der Waals surface area (Å²) < 4.78 is 12.7. The Labute approximate surface area is 137 Å². The van der Waals surface area contributed by atoms with Gasteiger partial charge in [0.1, 0.15) is 17.4 Å². The number of allylic oxidation sites excluding steroid dienone is 1. The normalized spacial score (nSPS) is 16.8. The maximum absolute atomic E-state index is 12.5. The number of carbonyl (C=O) groups excluding carboxylic acids is 1. The maximum Gasteiger partial charge on any atom is 0.338 e. The van der Waals surface area contributed by atoms with E-state index in [9.17, 15) is 4.79 Å². The average molecular weight is 325 g/mol. The number of nitrogens with zero attached hydrogens (tertiary/aromatic N) is 4. The van der Waals surface area contributed by atoms with Gasteiger partial charge in [-0.2, -0.15) is 4.68 Å². The molecule has 1 unspecified atom stereocenters. The van der Waals surface area contributed by atoms with Crippen molar-refractivity contribution < 1.29 is 13.9 Å². The van der Waals surface area contributed by atoms with E-state index in [4.69, 9.17) is 9.15 Å². The molecule has 3 aromatic rings. The van der Waals surface area contributed by atoms with Gasteiger partial charge in [0.05, 0.1) is 12.2 Å². The highest BCUT2D eigenvalue weighted by molar-refractivity contribution is 5.92. The summed E-state index contributed by atoms with van der Waals surface area (Å²) >= 11 is 0. The van der Waals surface area contributed by atoms with Crippen molar-refractivity contribution in [3.63, 3.8) is 0 Å². The summed E-state index contributed by atoms with van der Waals surface area (Å²) in [5, 5.41) is 15.6. The Bertz CT molecular complexity index is 922. The molecule has 1 atom stereocenters. The van der Waals surface area contributed by atoms with Crippen LogP contribution in [-0.2, 0) is 9.53 Å². The number of hydrogen-bond acceptors (Lipinski definition) is 7. The molecule has 122 valence electrons. The standard InChI is InChI=1S/C16H15N5O3/c1-3-23-15(22)13-9(2)17-16-18-19-20-21(16)14(13)12-8-10-6-4-5-7-11(10)24-12/h4-8,14H,3H2,1-2H3,(H,17,18,20). The van der Waals surface area contributed by atoms with E-state index in [2.05, 4.69) is 20.8 Å². The highest BCUT2D eigenvalue weighted by atomic mass is 16.5. The topological polar surface area (TPSA) is 95.1 Å². The third kappa shape index (κ3) is 2.15. The van der Waals surface area contributed by atoms with Crippen LogP contribution in [0.3, 0.4) is 0 Å². The molecule has 2 aromatic heterocycles. The summed E-state index contributed by atoms with van der Waals surface area (Å²) in [6.45, 7) is 3.84. The van der Waals surface area contributed by atoms with Crippen molar-refractivity contribution in [2.24, 2.45) is 0 Å². The molecule has 0 spiro atoms. The summed E-state index contributed by atoms with van der Waals surface area (Å²) in [6, 6.07) is 8.96. The molecule has 0 bridgehead atoms. The van der Waals surface area contributed by atoms with Gasteiger partial charge in [0.25, 0.3) is 0 Å². The number of esters is 1. The van der Waals surface area contributed by atoms with Gasteiger partial charge in [0.15, 0.2) is 0 Å². The molecule has 0 saturated heterocycles. The van der Waals surface area contributed by atoms with E-state index in [-0.39, 0.29) is 6.61 Å². The molecule has 0 aliphatic carbocycles. The van der Waals surface area contributed by atoms with Crippen LogP contribution in [-0.4, -0.2) is 32.8 Å². The molecule has 1 aliphatic rings. The van der Waals surface area contributed by atoms with Gasteiger partial charge in [-0.3, -0.25) is 0 Å². The average Bonchev–Trinajstić information content (AvgIpc) is 3.19. The lowest BCUT2D eigenvalue weighted by molar-refractivity contribution is -0.139. The first-order valence-corrected chi connectivity index (χ1v) is 7.60. The van der Waals surface area contributed by atoms with Gasteiger partial charge in [0.2, 0.25) is 5.95 Å². The zero-order chi connectivity index (χ0) is 16.7. The van der Waals surface area contributed by atoms with Crippen LogP contribution in [0.4, 0.5) is 5.95 Å². The largest absolute Gasteiger partial charge is 0.463 e. The minimum Gasteiger partial charge on any atom is -0.463 e. The minimum atomic E-state index is -0.581. The fraction of sp³-hybridized carbons (Fsp3) is 0.250. The van der Waals surface area contributed by atoms with Crippen LogP contribution in [0.2, 0.25) is 0 Å². The molecule has 3 heterocycles. The van der Waals surface area contributed by atoms with Crippen LogP contribution < -0.4 is 5.32 Å². The van der Waals surface area contributed by atoms with E-state index in [0.29, 0.717) is 23.0 Å². The third-order valence-electron chi connectivity index (χ3n) is 3.92. The monoisotopic (exact) mass is 325 g/mol. The Morgan fingerprint density at radius 1 is 1.42 bits per heavy atom. The van der Waals surface area contributed by atoms with Crippen molar-refractivity contribution in [1.29, 1.82) is 0 Å². The van der Waals surface area contributed by atoms with Gasteiger partial charge < -0.3 is 14.5 Å². The molecule has 0 fully saturated rings. The van der Waals surface area contributed by atoms with Gasteiger partial charge in [0, 0.05) is 11.1 Å². The van der Waals surface area contributed by atoms with Crippen LogP contribution in [0.1, 0.15) is 25.6 Å². The molecule has 0 saturated carbocycles. The summed E-state index contributed by atoms with van der Waals surface area (Å²) in [6.07, 6.45) is 0. The molecule has 8 nitrogen and oxygen atoms in total. The van der Waals surface area contributed by atoms with E-state index < -0.39 is 12.0 Å². The van der Waals surface area contributed by atoms with Crippen LogP contribution >= 0.6 is 0 Å². The number of carbonyl (C=O) groups is 1. The van der Waals surface area contributed by atoms with E-state index in [0.717, 1.165) is 11.0 Å². The fourth-order valence-corrected chi connectivity index (χ4v) is 2.89. The quantitative estimate of drug-likeness (QED) is 0.738. The van der Waals surface area contributed by atoms with Crippen LogP contribution in [0.25, 0.3) is 11.0 Å². The Balaban J connectivity index is 1.90. The fourth-order valence-electron chi connectivity index (χ4n) is 2.89. The number of ether oxygens (including phenoxy) is 1. The second-order valence-electron chi connectivity index (χ2n) is 5.42. The Morgan fingerprint density at radius 3 is 3.04 bits per heavy atom. The lowest BCUT2D eigenvalue weighted by atomic mass is 10.0. The van der Waals surface area contributed by atoms with E-state index >= 15 is 0 Å². The molecular weight excluding hydrogens is 310 g/mol. The molecular formula is C16H15N5O3. The molecule has 1 aromatic carbocycles. The van der Waals surface area contributed by atoms with Gasteiger partial charge in [-0.15, -0.1) is 0 Å². The molecule has 1 N–H and O–H groups in total. The molecule has 24 heavy (non-hydrogen) atoms. The number of rotatable bonds is 3. The predicted molar refractivity (Wildman–Crippen MR) is 85.1 cm³/mol. The molecule has 1 aliphatic heterocycles. The van der Waals surface area contributed by atoms with Crippen molar-refractivity contribution in [3.05, 3.63) is 47.4 Å². The number of hydrogen-bond donors (Lipinski definition) is 1. The SMILES string of the molecule is CCOC(=O)C1=C(C)Nc2nnnn2C1c1cc2ccccc2o1. The zero-order valence-corrected chi connectivity index (χ0v) is 13.2. The van der Waals surface area contributed by atoms with E-state index in [1.807, 2.05) is 30.3 Å². The van der Waals surface area contributed by atoms with Gasteiger partial charge in [-0.05, 0) is 36.4 Å². The number of aromatic nitrogens is 4. The van der Waals surface area contributed by atoms with E-state index in [1.54, 1.807) is 13.8 Å². The first-order chi connectivity index (χ1) is 11.7. The van der Waals surface area contributed by atoms with Gasteiger partial charge in [-0.25, -0.2) is 4.79 Å². The van der Waals surface area contributed by atoms with Crippen molar-refractivity contribution in [1.82, 2.24) is 20.2 Å². The lowest BCUT2D eigenvalue weighted by Gasteiger charge is -2.25.